The third-order valence-corrected chi connectivity index (χ3v) is 5.34. The van der Waals surface area contributed by atoms with Gasteiger partial charge in [-0.25, -0.2) is 9.78 Å². The van der Waals surface area contributed by atoms with Gasteiger partial charge in [0.15, 0.2) is 0 Å². The summed E-state index contributed by atoms with van der Waals surface area (Å²) in [5.41, 5.74) is 0.861. The number of likely N-dealkylation sites (tertiary alicyclic amines) is 1. The lowest BCUT2D eigenvalue weighted by atomic mass is 9.82. The highest BCUT2D eigenvalue weighted by Crippen LogP contribution is 2.39. The van der Waals surface area contributed by atoms with E-state index in [0.717, 1.165) is 36.5 Å². The molecule has 4 nitrogen and oxygen atoms in total. The number of aromatic carboxylic acids is 1. The van der Waals surface area contributed by atoms with Gasteiger partial charge in [-0.1, -0.05) is 6.42 Å². The normalized spacial score (nSPS) is 20.6. The molecule has 0 amide bonds. The summed E-state index contributed by atoms with van der Waals surface area (Å²) in [5.74, 6) is -0.394. The lowest BCUT2D eigenvalue weighted by molar-refractivity contribution is 0.0699. The Bertz CT molecular complexity index is 462. The second-order valence-corrected chi connectivity index (χ2v) is 6.64. The average molecular weight is 280 g/mol. The second kappa shape index (κ2) is 5.59. The summed E-state index contributed by atoms with van der Waals surface area (Å²) >= 11 is 1.39. The molecule has 1 aliphatic carbocycles. The lowest BCUT2D eigenvalue weighted by Crippen LogP contribution is -2.21. The fourth-order valence-electron chi connectivity index (χ4n) is 2.86. The Kier molecular flexibility index (Phi) is 3.84. The molecule has 1 saturated heterocycles. The van der Waals surface area contributed by atoms with Crippen LogP contribution in [0.25, 0.3) is 0 Å². The fourth-order valence-corrected chi connectivity index (χ4v) is 3.83. The van der Waals surface area contributed by atoms with Crippen LogP contribution in [-0.4, -0.2) is 40.6 Å². The maximum Gasteiger partial charge on any atom is 0.347 e. The molecule has 1 aliphatic heterocycles. The van der Waals surface area contributed by atoms with E-state index in [1.54, 1.807) is 0 Å². The monoisotopic (exact) mass is 280 g/mol. The predicted molar refractivity (Wildman–Crippen MR) is 75.0 cm³/mol. The van der Waals surface area contributed by atoms with Crippen LogP contribution in [-0.2, 0) is 6.42 Å². The highest BCUT2D eigenvalue weighted by Gasteiger charge is 2.28. The number of hydrogen-bond acceptors (Lipinski definition) is 4. The van der Waals surface area contributed by atoms with E-state index in [0.29, 0.717) is 10.8 Å². The molecule has 19 heavy (non-hydrogen) atoms. The predicted octanol–water partition coefficient (Wildman–Crippen LogP) is 2.75. The number of carbonyl (C=O) groups is 1. The van der Waals surface area contributed by atoms with Crippen LogP contribution in [0.1, 0.15) is 58.4 Å². The van der Waals surface area contributed by atoms with Crippen molar-refractivity contribution in [2.45, 2.75) is 44.4 Å². The first-order chi connectivity index (χ1) is 9.24. The van der Waals surface area contributed by atoms with Gasteiger partial charge in [0, 0.05) is 18.9 Å². The van der Waals surface area contributed by atoms with Gasteiger partial charge in [0.25, 0.3) is 0 Å². The number of rotatable bonds is 5. The minimum Gasteiger partial charge on any atom is -0.477 e. The number of thiazole rings is 1. The van der Waals surface area contributed by atoms with Crippen molar-refractivity contribution >= 4 is 17.3 Å². The Labute approximate surface area is 117 Å². The first-order valence-electron chi connectivity index (χ1n) is 7.19. The minimum absolute atomic E-state index is 0.405. The molecule has 1 saturated carbocycles. The van der Waals surface area contributed by atoms with Crippen LogP contribution in [0, 0.1) is 0 Å². The van der Waals surface area contributed by atoms with E-state index in [1.165, 1.54) is 43.7 Å². The van der Waals surface area contributed by atoms with Crippen molar-refractivity contribution in [2.24, 2.45) is 0 Å². The van der Waals surface area contributed by atoms with E-state index in [1.807, 2.05) is 0 Å². The zero-order valence-corrected chi connectivity index (χ0v) is 11.9. The van der Waals surface area contributed by atoms with Gasteiger partial charge in [-0.05, 0) is 38.8 Å². The molecule has 2 aliphatic rings. The van der Waals surface area contributed by atoms with Gasteiger partial charge in [0.05, 0.1) is 10.7 Å². The van der Waals surface area contributed by atoms with Crippen LogP contribution in [0.5, 0.6) is 0 Å². The molecule has 0 unspecified atom stereocenters. The van der Waals surface area contributed by atoms with E-state index in [2.05, 4.69) is 9.88 Å². The van der Waals surface area contributed by atoms with Gasteiger partial charge in [-0.2, -0.15) is 0 Å². The number of hydrogen-bond donors (Lipinski definition) is 1. The van der Waals surface area contributed by atoms with Gasteiger partial charge in [-0.15, -0.1) is 11.3 Å². The molecule has 2 fully saturated rings. The number of nitrogens with zero attached hydrogens (tertiary/aromatic N) is 2. The largest absolute Gasteiger partial charge is 0.477 e. The van der Waals surface area contributed by atoms with Crippen molar-refractivity contribution < 1.29 is 9.90 Å². The smallest absolute Gasteiger partial charge is 0.347 e. The van der Waals surface area contributed by atoms with Crippen LogP contribution in [0.3, 0.4) is 0 Å². The van der Waals surface area contributed by atoms with Crippen LogP contribution < -0.4 is 0 Å². The molecule has 5 heteroatoms. The molecule has 1 aromatic heterocycles. The lowest BCUT2D eigenvalue weighted by Gasteiger charge is -2.23. The summed E-state index contributed by atoms with van der Waals surface area (Å²) in [6, 6.07) is 0. The molecule has 0 radical (unpaired) electrons. The highest BCUT2D eigenvalue weighted by molar-refractivity contribution is 7.13. The zero-order valence-electron chi connectivity index (χ0n) is 11.1. The number of carboxylic acid groups (broad SMARTS) is 1. The molecule has 104 valence electrons. The Hall–Kier alpha value is -0.940. The summed E-state index contributed by atoms with van der Waals surface area (Å²) in [7, 11) is 0. The second-order valence-electron chi connectivity index (χ2n) is 5.55. The van der Waals surface area contributed by atoms with E-state index >= 15 is 0 Å². The molecule has 3 rings (SSSR count). The van der Waals surface area contributed by atoms with Gasteiger partial charge < -0.3 is 10.0 Å². The molecule has 1 aromatic rings. The average Bonchev–Trinajstić information content (AvgIpc) is 2.92. The maximum atomic E-state index is 11.3. The number of aromatic nitrogens is 1. The third-order valence-electron chi connectivity index (χ3n) is 4.22. The summed E-state index contributed by atoms with van der Waals surface area (Å²) in [6.45, 7) is 3.40. The molecule has 0 aromatic carbocycles. The van der Waals surface area contributed by atoms with Crippen LogP contribution in [0.2, 0.25) is 0 Å². The Morgan fingerprint density at radius 3 is 2.63 bits per heavy atom. The molecule has 2 heterocycles. The van der Waals surface area contributed by atoms with Crippen LogP contribution in [0.4, 0.5) is 0 Å². The Morgan fingerprint density at radius 2 is 2.05 bits per heavy atom. The topological polar surface area (TPSA) is 53.4 Å². The first kappa shape index (κ1) is 13.1. The molecule has 0 bridgehead atoms. The van der Waals surface area contributed by atoms with Gasteiger partial charge >= 0.3 is 5.97 Å². The van der Waals surface area contributed by atoms with Gasteiger partial charge in [-0.3, -0.25) is 0 Å². The summed E-state index contributed by atoms with van der Waals surface area (Å²) in [5, 5.41) is 10.3. The molecule has 1 N–H and O–H groups in total. The number of carboxylic acids is 1. The van der Waals surface area contributed by atoms with Crippen LogP contribution >= 0.6 is 11.3 Å². The molecular weight excluding hydrogens is 260 g/mol. The van der Waals surface area contributed by atoms with Crippen LogP contribution in [0.15, 0.2) is 0 Å². The molecule has 0 atom stereocenters. The first-order valence-corrected chi connectivity index (χ1v) is 8.01. The van der Waals surface area contributed by atoms with E-state index in [-0.39, 0.29) is 0 Å². The zero-order chi connectivity index (χ0) is 13.2. The third kappa shape index (κ3) is 2.82. The van der Waals surface area contributed by atoms with Gasteiger partial charge in [0.1, 0.15) is 4.88 Å². The van der Waals surface area contributed by atoms with Crippen molar-refractivity contribution in [3.05, 3.63) is 15.6 Å². The summed E-state index contributed by atoms with van der Waals surface area (Å²) in [4.78, 5) is 18.9. The summed E-state index contributed by atoms with van der Waals surface area (Å²) in [6.07, 6.45) is 6.92. The Morgan fingerprint density at radius 1 is 1.32 bits per heavy atom. The van der Waals surface area contributed by atoms with Crippen molar-refractivity contribution in [1.29, 1.82) is 0 Å². The van der Waals surface area contributed by atoms with Gasteiger partial charge in [0.2, 0.25) is 0 Å². The quantitative estimate of drug-likeness (QED) is 0.901. The standard InChI is InChI=1S/C14H20N2O2S/c17-14(18)13-12(10-4-3-5-10)15-11(19-13)6-9-16-7-1-2-8-16/h10H,1-9H2,(H,17,18). The van der Waals surface area contributed by atoms with E-state index in [9.17, 15) is 9.90 Å². The van der Waals surface area contributed by atoms with Crippen molar-refractivity contribution in [1.82, 2.24) is 9.88 Å². The maximum absolute atomic E-state index is 11.3. The van der Waals surface area contributed by atoms with E-state index in [4.69, 9.17) is 0 Å². The Balaban J connectivity index is 1.68. The molecule has 0 spiro atoms. The fraction of sp³-hybridized carbons (Fsp3) is 0.714. The van der Waals surface area contributed by atoms with E-state index < -0.39 is 5.97 Å². The van der Waals surface area contributed by atoms with Crippen molar-refractivity contribution in [3.63, 3.8) is 0 Å². The minimum atomic E-state index is -0.799. The van der Waals surface area contributed by atoms with Crippen molar-refractivity contribution in [2.75, 3.05) is 19.6 Å². The molecular formula is C14H20N2O2S. The SMILES string of the molecule is O=C(O)c1sc(CCN2CCCC2)nc1C1CCC1. The highest BCUT2D eigenvalue weighted by atomic mass is 32.1. The van der Waals surface area contributed by atoms with Crippen molar-refractivity contribution in [3.8, 4) is 0 Å². The summed E-state index contributed by atoms with van der Waals surface area (Å²) < 4.78 is 0.